The SMILES string of the molecule is CCCCCCCCOP(O)Oc1c(Cc2cc(C(C)(C)C)cc(C(C)(C)C)c2O)cc(C(C)(C)C)cc1C(C)(C)C. The molecule has 0 fully saturated rings. The molecule has 0 saturated carbocycles. The van der Waals surface area contributed by atoms with Crippen molar-refractivity contribution in [2.24, 2.45) is 0 Å². The molecule has 0 amide bonds. The van der Waals surface area contributed by atoms with Crippen molar-refractivity contribution in [2.75, 3.05) is 6.61 Å². The Labute approximate surface area is 259 Å². The van der Waals surface area contributed by atoms with Gasteiger partial charge in [0.1, 0.15) is 11.5 Å². The van der Waals surface area contributed by atoms with Gasteiger partial charge in [0.2, 0.25) is 0 Å². The third-order valence-electron chi connectivity index (χ3n) is 7.95. The van der Waals surface area contributed by atoms with Crippen LogP contribution in [0.1, 0.15) is 162 Å². The van der Waals surface area contributed by atoms with Gasteiger partial charge in [0.25, 0.3) is 0 Å². The summed E-state index contributed by atoms with van der Waals surface area (Å²) in [5.41, 5.74) is 5.60. The molecule has 0 aromatic heterocycles. The summed E-state index contributed by atoms with van der Waals surface area (Å²) in [5.74, 6) is 1.01. The van der Waals surface area contributed by atoms with Gasteiger partial charge in [-0.3, -0.25) is 0 Å². The standard InChI is InChI=1S/C37H61O4P/c1-14-15-16-17-18-19-20-40-42(39)41-33-27(23-29(35(5,6)7)25-31(33)37(11,12)13)21-26-22-28(34(2,3)4)24-30(32(26)38)36(8,9)10/h22-25,38-39H,14-21H2,1-13H3. The Hall–Kier alpha value is -1.61. The Morgan fingerprint density at radius 1 is 0.619 bits per heavy atom. The van der Waals surface area contributed by atoms with Crippen LogP contribution in [0.3, 0.4) is 0 Å². The zero-order chi connectivity index (χ0) is 32.1. The Kier molecular flexibility index (Phi) is 12.6. The number of phenols is 1. The van der Waals surface area contributed by atoms with Gasteiger partial charge >= 0.3 is 8.60 Å². The highest BCUT2D eigenvalue weighted by molar-refractivity contribution is 7.41. The van der Waals surface area contributed by atoms with Crippen LogP contribution >= 0.6 is 8.60 Å². The topological polar surface area (TPSA) is 58.9 Å². The maximum Gasteiger partial charge on any atom is 0.394 e. The molecule has 0 aliphatic carbocycles. The van der Waals surface area contributed by atoms with Crippen molar-refractivity contribution >= 4 is 8.60 Å². The third kappa shape index (κ3) is 10.5. The van der Waals surface area contributed by atoms with Gasteiger partial charge in [-0.2, -0.15) is 0 Å². The largest absolute Gasteiger partial charge is 0.507 e. The van der Waals surface area contributed by atoms with Crippen LogP contribution < -0.4 is 4.52 Å². The number of aromatic hydroxyl groups is 1. The van der Waals surface area contributed by atoms with Crippen molar-refractivity contribution < 1.29 is 19.0 Å². The monoisotopic (exact) mass is 600 g/mol. The second-order valence-electron chi connectivity index (χ2n) is 16.2. The second kappa shape index (κ2) is 14.4. The van der Waals surface area contributed by atoms with Gasteiger partial charge < -0.3 is 19.0 Å². The summed E-state index contributed by atoms with van der Waals surface area (Å²) in [6, 6.07) is 8.72. The highest BCUT2D eigenvalue weighted by atomic mass is 31.2. The molecule has 1 atom stereocenters. The molecule has 238 valence electrons. The van der Waals surface area contributed by atoms with Gasteiger partial charge in [-0.1, -0.05) is 146 Å². The predicted octanol–water partition coefficient (Wildman–Crippen LogP) is 11.1. The van der Waals surface area contributed by atoms with E-state index in [1.165, 1.54) is 36.8 Å². The van der Waals surface area contributed by atoms with E-state index in [4.69, 9.17) is 9.05 Å². The average molecular weight is 601 g/mol. The smallest absolute Gasteiger partial charge is 0.394 e. The minimum Gasteiger partial charge on any atom is -0.507 e. The number of hydrogen-bond acceptors (Lipinski definition) is 4. The third-order valence-corrected chi connectivity index (χ3v) is 8.69. The van der Waals surface area contributed by atoms with Crippen molar-refractivity contribution in [1.29, 1.82) is 0 Å². The first-order chi connectivity index (χ1) is 19.2. The summed E-state index contributed by atoms with van der Waals surface area (Å²) in [6.45, 7) is 29.0. The molecule has 0 bridgehead atoms. The quantitative estimate of drug-likeness (QED) is 0.188. The lowest BCUT2D eigenvalue weighted by molar-refractivity contribution is 0.251. The van der Waals surface area contributed by atoms with Crippen molar-refractivity contribution in [2.45, 2.75) is 157 Å². The summed E-state index contributed by atoms with van der Waals surface area (Å²) < 4.78 is 12.2. The van der Waals surface area contributed by atoms with Crippen molar-refractivity contribution in [3.63, 3.8) is 0 Å². The van der Waals surface area contributed by atoms with Crippen molar-refractivity contribution in [3.8, 4) is 11.5 Å². The van der Waals surface area contributed by atoms with E-state index in [9.17, 15) is 10.00 Å². The molecule has 0 radical (unpaired) electrons. The fraction of sp³-hybridized carbons (Fsp3) is 0.676. The zero-order valence-corrected chi connectivity index (χ0v) is 30.0. The Morgan fingerprint density at radius 3 is 1.60 bits per heavy atom. The van der Waals surface area contributed by atoms with Crippen LogP contribution in [-0.4, -0.2) is 16.6 Å². The van der Waals surface area contributed by atoms with E-state index in [0.717, 1.165) is 35.1 Å². The first-order valence-electron chi connectivity index (χ1n) is 16.0. The molecule has 0 heterocycles. The average Bonchev–Trinajstić information content (AvgIpc) is 2.82. The first kappa shape index (κ1) is 36.6. The Bertz CT molecular complexity index is 1160. The normalized spacial score (nSPS) is 13.9. The number of rotatable bonds is 12. The molecule has 0 aliphatic rings. The maximum atomic E-state index is 11.6. The lowest BCUT2D eigenvalue weighted by Gasteiger charge is -2.31. The number of benzene rings is 2. The van der Waals surface area contributed by atoms with Crippen LogP contribution in [0.15, 0.2) is 24.3 Å². The molecule has 5 heteroatoms. The molecule has 0 saturated heterocycles. The van der Waals surface area contributed by atoms with Crippen LogP contribution in [0.25, 0.3) is 0 Å². The molecule has 1 unspecified atom stereocenters. The van der Waals surface area contributed by atoms with E-state index in [2.05, 4.69) is 114 Å². The van der Waals surface area contributed by atoms with Crippen LogP contribution in [0, 0.1) is 0 Å². The zero-order valence-electron chi connectivity index (χ0n) is 29.1. The molecule has 0 spiro atoms. The van der Waals surface area contributed by atoms with Crippen LogP contribution in [0.4, 0.5) is 0 Å². The Morgan fingerprint density at radius 2 is 1.10 bits per heavy atom. The summed E-state index contributed by atoms with van der Waals surface area (Å²) >= 11 is 0. The van der Waals surface area contributed by atoms with Crippen molar-refractivity contribution in [1.82, 2.24) is 0 Å². The van der Waals surface area contributed by atoms with E-state index >= 15 is 0 Å². The highest BCUT2D eigenvalue weighted by Crippen LogP contribution is 2.46. The maximum absolute atomic E-state index is 11.6. The van der Waals surface area contributed by atoms with E-state index in [1.807, 2.05) is 0 Å². The lowest BCUT2D eigenvalue weighted by Crippen LogP contribution is -2.19. The summed E-state index contributed by atoms with van der Waals surface area (Å²) in [4.78, 5) is 11.0. The van der Waals surface area contributed by atoms with Crippen LogP contribution in [0.5, 0.6) is 11.5 Å². The van der Waals surface area contributed by atoms with Gasteiger partial charge in [0, 0.05) is 12.0 Å². The second-order valence-corrected chi connectivity index (χ2v) is 17.1. The van der Waals surface area contributed by atoms with Gasteiger partial charge in [-0.25, -0.2) is 0 Å². The van der Waals surface area contributed by atoms with E-state index in [-0.39, 0.29) is 21.7 Å². The fourth-order valence-electron chi connectivity index (χ4n) is 5.09. The van der Waals surface area contributed by atoms with Gasteiger partial charge in [0.05, 0.1) is 6.61 Å². The highest BCUT2D eigenvalue weighted by Gasteiger charge is 2.30. The van der Waals surface area contributed by atoms with Crippen molar-refractivity contribution in [3.05, 3.63) is 57.6 Å². The van der Waals surface area contributed by atoms with Gasteiger partial charge in [0.15, 0.2) is 0 Å². The molecule has 42 heavy (non-hydrogen) atoms. The van der Waals surface area contributed by atoms with E-state index in [0.29, 0.717) is 24.5 Å². The molecular weight excluding hydrogens is 539 g/mol. The van der Waals surface area contributed by atoms with Crippen LogP contribution in [0.2, 0.25) is 0 Å². The van der Waals surface area contributed by atoms with Gasteiger partial charge in [-0.15, -0.1) is 0 Å². The molecule has 2 aromatic rings. The van der Waals surface area contributed by atoms with Gasteiger partial charge in [-0.05, 0) is 55.9 Å². The number of unbranched alkanes of at least 4 members (excludes halogenated alkanes) is 5. The minimum absolute atomic E-state index is 0.0740. The fourth-order valence-corrected chi connectivity index (χ4v) is 5.80. The minimum atomic E-state index is -2.10. The number of phenolic OH excluding ortho intramolecular Hbond substituents is 1. The summed E-state index contributed by atoms with van der Waals surface area (Å²) in [7, 11) is -2.10. The summed E-state index contributed by atoms with van der Waals surface area (Å²) in [5, 5.41) is 11.6. The van der Waals surface area contributed by atoms with Crippen LogP contribution in [-0.2, 0) is 32.6 Å². The molecular formula is C37H61O4P. The molecule has 2 rings (SSSR count). The number of hydrogen-bond donors (Lipinski definition) is 2. The van der Waals surface area contributed by atoms with E-state index < -0.39 is 8.60 Å². The first-order valence-corrected chi connectivity index (χ1v) is 17.1. The molecule has 2 aromatic carbocycles. The molecule has 4 nitrogen and oxygen atoms in total. The predicted molar refractivity (Wildman–Crippen MR) is 181 cm³/mol. The lowest BCUT2D eigenvalue weighted by atomic mass is 9.76. The Balaban J connectivity index is 2.60. The van der Waals surface area contributed by atoms with E-state index in [1.54, 1.807) is 0 Å². The molecule has 0 aliphatic heterocycles. The summed E-state index contributed by atoms with van der Waals surface area (Å²) in [6.07, 6.45) is 7.45. The molecule has 2 N–H and O–H groups in total.